The fourth-order valence-electron chi connectivity index (χ4n) is 0.630. The molecule has 0 aliphatic heterocycles. The van der Waals surface area contributed by atoms with Gasteiger partial charge in [0.15, 0.2) is 0 Å². The van der Waals surface area contributed by atoms with Gasteiger partial charge in [0.25, 0.3) is 0 Å². The Balaban J connectivity index is 2.86. The van der Waals surface area contributed by atoms with Crippen LogP contribution in [0.2, 0.25) is 0 Å². The Labute approximate surface area is 60.8 Å². The fraction of sp³-hybridized carbons (Fsp3) is 1.00. The van der Waals surface area contributed by atoms with Crippen LogP contribution in [-0.4, -0.2) is 4.83 Å². The van der Waals surface area contributed by atoms with Gasteiger partial charge in [-0.05, 0) is 12.8 Å². The standard InChI is InChI=1S/C7H15Br/c1-3-5-6-7(8)4-2/h7H,3-6H2,1-2H3. The largest absolute Gasteiger partial charge is 0.0891 e. The summed E-state index contributed by atoms with van der Waals surface area (Å²) in [6, 6.07) is 0. The van der Waals surface area contributed by atoms with E-state index < -0.39 is 0 Å². The van der Waals surface area contributed by atoms with Crippen LogP contribution in [-0.2, 0) is 0 Å². The minimum Gasteiger partial charge on any atom is -0.0891 e. The monoisotopic (exact) mass is 178 g/mol. The molecule has 50 valence electrons. The summed E-state index contributed by atoms with van der Waals surface area (Å²) in [6.07, 6.45) is 5.29. The highest BCUT2D eigenvalue weighted by Gasteiger charge is 1.96. The normalized spacial score (nSPS) is 13.9. The van der Waals surface area contributed by atoms with E-state index in [1.165, 1.54) is 25.7 Å². The van der Waals surface area contributed by atoms with Crippen LogP contribution in [0.1, 0.15) is 39.5 Å². The molecular weight excluding hydrogens is 164 g/mol. The molecule has 0 saturated carbocycles. The molecule has 0 fully saturated rings. The molecule has 1 heteroatoms. The molecule has 0 aromatic carbocycles. The third-order valence-corrected chi connectivity index (χ3v) is 2.42. The van der Waals surface area contributed by atoms with Gasteiger partial charge < -0.3 is 0 Å². The molecule has 0 aromatic heterocycles. The highest BCUT2D eigenvalue weighted by molar-refractivity contribution is 9.09. The Bertz CT molecular complexity index is 43.7. The lowest BCUT2D eigenvalue weighted by atomic mass is 10.2. The Morgan fingerprint density at radius 3 is 2.38 bits per heavy atom. The Kier molecular flexibility index (Phi) is 5.95. The Hall–Kier alpha value is 0.480. The van der Waals surface area contributed by atoms with E-state index >= 15 is 0 Å². The van der Waals surface area contributed by atoms with Crippen molar-refractivity contribution in [3.63, 3.8) is 0 Å². The zero-order valence-corrected chi connectivity index (χ0v) is 7.37. The van der Waals surface area contributed by atoms with E-state index in [2.05, 4.69) is 29.8 Å². The molecule has 0 nitrogen and oxygen atoms in total. The topological polar surface area (TPSA) is 0 Å². The van der Waals surface area contributed by atoms with E-state index in [0.29, 0.717) is 0 Å². The quantitative estimate of drug-likeness (QED) is 0.580. The van der Waals surface area contributed by atoms with Gasteiger partial charge in [-0.15, -0.1) is 0 Å². The van der Waals surface area contributed by atoms with E-state index in [1.807, 2.05) is 0 Å². The number of halogens is 1. The van der Waals surface area contributed by atoms with Crippen LogP contribution in [0.4, 0.5) is 0 Å². The van der Waals surface area contributed by atoms with Gasteiger partial charge >= 0.3 is 0 Å². The van der Waals surface area contributed by atoms with Crippen molar-refractivity contribution in [3.8, 4) is 0 Å². The molecule has 1 atom stereocenters. The average molecular weight is 179 g/mol. The average Bonchev–Trinajstić information content (AvgIpc) is 1.83. The van der Waals surface area contributed by atoms with Crippen LogP contribution in [0.25, 0.3) is 0 Å². The van der Waals surface area contributed by atoms with Crippen molar-refractivity contribution in [1.29, 1.82) is 0 Å². The predicted molar refractivity (Wildman–Crippen MR) is 42.5 cm³/mol. The molecule has 8 heavy (non-hydrogen) atoms. The van der Waals surface area contributed by atoms with Gasteiger partial charge in [0.1, 0.15) is 0 Å². The van der Waals surface area contributed by atoms with E-state index in [-0.39, 0.29) is 0 Å². The maximum absolute atomic E-state index is 3.58. The number of hydrogen-bond acceptors (Lipinski definition) is 0. The van der Waals surface area contributed by atoms with E-state index in [9.17, 15) is 0 Å². The van der Waals surface area contributed by atoms with Crippen LogP contribution >= 0.6 is 15.9 Å². The predicted octanol–water partition coefficient (Wildman–Crippen LogP) is 3.35. The van der Waals surface area contributed by atoms with Gasteiger partial charge in [0, 0.05) is 4.83 Å². The molecule has 0 heterocycles. The van der Waals surface area contributed by atoms with Gasteiger partial charge in [-0.1, -0.05) is 42.6 Å². The van der Waals surface area contributed by atoms with E-state index in [4.69, 9.17) is 0 Å². The first-order chi connectivity index (χ1) is 3.81. The lowest BCUT2D eigenvalue weighted by molar-refractivity contribution is 0.678. The summed E-state index contributed by atoms with van der Waals surface area (Å²) in [5.74, 6) is 0. The molecule has 0 rings (SSSR count). The van der Waals surface area contributed by atoms with Gasteiger partial charge in [0.2, 0.25) is 0 Å². The van der Waals surface area contributed by atoms with Crippen molar-refractivity contribution in [2.24, 2.45) is 0 Å². The SMILES string of the molecule is CCCCC(Br)CC. The van der Waals surface area contributed by atoms with Crippen molar-refractivity contribution in [2.75, 3.05) is 0 Å². The molecular formula is C7H15Br. The third kappa shape index (κ3) is 4.63. The first kappa shape index (κ1) is 8.48. The molecule has 0 aromatic rings. The maximum atomic E-state index is 3.58. The second-order valence-electron chi connectivity index (χ2n) is 2.15. The van der Waals surface area contributed by atoms with E-state index in [1.54, 1.807) is 0 Å². The summed E-state index contributed by atoms with van der Waals surface area (Å²) >= 11 is 3.58. The minimum absolute atomic E-state index is 0.766. The summed E-state index contributed by atoms with van der Waals surface area (Å²) in [6.45, 7) is 4.45. The lowest BCUT2D eigenvalue weighted by Gasteiger charge is -2.02. The minimum atomic E-state index is 0.766. The van der Waals surface area contributed by atoms with Gasteiger partial charge in [0.05, 0.1) is 0 Å². The highest BCUT2D eigenvalue weighted by Crippen LogP contribution is 2.12. The van der Waals surface area contributed by atoms with Crippen LogP contribution in [0.15, 0.2) is 0 Å². The molecule has 0 N–H and O–H groups in total. The Morgan fingerprint density at radius 1 is 1.38 bits per heavy atom. The van der Waals surface area contributed by atoms with E-state index in [0.717, 1.165) is 4.83 Å². The summed E-state index contributed by atoms with van der Waals surface area (Å²) in [5, 5.41) is 0. The van der Waals surface area contributed by atoms with Crippen molar-refractivity contribution >= 4 is 15.9 Å². The first-order valence-electron chi connectivity index (χ1n) is 3.45. The second kappa shape index (κ2) is 5.61. The molecule has 0 aliphatic carbocycles. The van der Waals surface area contributed by atoms with Crippen LogP contribution in [0, 0.1) is 0 Å². The molecule has 1 unspecified atom stereocenters. The zero-order chi connectivity index (χ0) is 6.41. The van der Waals surface area contributed by atoms with Crippen LogP contribution in [0.3, 0.4) is 0 Å². The zero-order valence-electron chi connectivity index (χ0n) is 5.78. The third-order valence-electron chi connectivity index (χ3n) is 1.31. The number of unbranched alkanes of at least 4 members (excludes halogenated alkanes) is 1. The molecule has 0 amide bonds. The van der Waals surface area contributed by atoms with Gasteiger partial charge in [-0.25, -0.2) is 0 Å². The summed E-state index contributed by atoms with van der Waals surface area (Å²) in [7, 11) is 0. The number of rotatable bonds is 4. The summed E-state index contributed by atoms with van der Waals surface area (Å²) in [4.78, 5) is 0.766. The van der Waals surface area contributed by atoms with Gasteiger partial charge in [-0.3, -0.25) is 0 Å². The van der Waals surface area contributed by atoms with Crippen LogP contribution in [0.5, 0.6) is 0 Å². The smallest absolute Gasteiger partial charge is 0.0143 e. The Morgan fingerprint density at radius 2 is 2.00 bits per heavy atom. The fourth-order valence-corrected chi connectivity index (χ4v) is 0.953. The summed E-state index contributed by atoms with van der Waals surface area (Å²) in [5.41, 5.74) is 0. The molecule has 0 spiro atoms. The van der Waals surface area contributed by atoms with Crippen molar-refractivity contribution in [3.05, 3.63) is 0 Å². The van der Waals surface area contributed by atoms with Crippen molar-refractivity contribution in [1.82, 2.24) is 0 Å². The van der Waals surface area contributed by atoms with Crippen molar-refractivity contribution in [2.45, 2.75) is 44.4 Å². The summed E-state index contributed by atoms with van der Waals surface area (Å²) < 4.78 is 0. The molecule has 0 saturated heterocycles. The second-order valence-corrected chi connectivity index (χ2v) is 3.44. The number of alkyl halides is 1. The highest BCUT2D eigenvalue weighted by atomic mass is 79.9. The van der Waals surface area contributed by atoms with Gasteiger partial charge in [-0.2, -0.15) is 0 Å². The van der Waals surface area contributed by atoms with Crippen LogP contribution < -0.4 is 0 Å². The first-order valence-corrected chi connectivity index (χ1v) is 4.36. The van der Waals surface area contributed by atoms with Crippen molar-refractivity contribution < 1.29 is 0 Å². The number of hydrogen-bond donors (Lipinski definition) is 0. The molecule has 0 radical (unpaired) electrons. The molecule has 0 bridgehead atoms. The lowest BCUT2D eigenvalue weighted by Crippen LogP contribution is -1.92. The molecule has 0 aliphatic rings. The maximum Gasteiger partial charge on any atom is 0.0143 e.